The van der Waals surface area contributed by atoms with Crippen molar-refractivity contribution in [2.24, 2.45) is 23.2 Å². The molecule has 19 heavy (non-hydrogen) atoms. The fraction of sp³-hybridized carbons (Fsp3) is 0.875. The van der Waals surface area contributed by atoms with Crippen LogP contribution in [0.25, 0.3) is 0 Å². The van der Waals surface area contributed by atoms with Gasteiger partial charge in [0.1, 0.15) is 0 Å². The first-order valence-corrected chi connectivity index (χ1v) is 7.91. The van der Waals surface area contributed by atoms with E-state index in [-0.39, 0.29) is 17.1 Å². The molecule has 0 aromatic rings. The highest BCUT2D eigenvalue weighted by molar-refractivity contribution is 6.38. The summed E-state index contributed by atoms with van der Waals surface area (Å²) in [5, 5.41) is 0. The van der Waals surface area contributed by atoms with Crippen LogP contribution in [0.3, 0.4) is 0 Å². The van der Waals surface area contributed by atoms with Crippen molar-refractivity contribution >= 4 is 11.7 Å². The first-order chi connectivity index (χ1) is 9.08. The molecule has 4 rings (SSSR count). The summed E-state index contributed by atoms with van der Waals surface area (Å²) in [5.74, 6) is 1.89. The quantitative estimate of drug-likeness (QED) is 0.731. The first-order valence-electron chi connectivity index (χ1n) is 7.91. The lowest BCUT2D eigenvalue weighted by molar-refractivity contribution is -0.158. The number of rotatable bonds is 4. The van der Waals surface area contributed by atoms with Gasteiger partial charge in [0.15, 0.2) is 0 Å². The smallest absolute Gasteiger partial charge is 0.290 e. The zero-order valence-corrected chi connectivity index (χ0v) is 12.2. The van der Waals surface area contributed by atoms with Crippen molar-refractivity contribution in [1.82, 2.24) is 4.90 Å². The number of carbonyl (C=O) groups is 2. The Morgan fingerprint density at radius 1 is 0.947 bits per heavy atom. The highest BCUT2D eigenvalue weighted by atomic mass is 16.2. The zero-order valence-electron chi connectivity index (χ0n) is 12.2. The fourth-order valence-electron chi connectivity index (χ4n) is 5.27. The second-order valence-corrected chi connectivity index (χ2v) is 7.00. The number of ketones is 1. The van der Waals surface area contributed by atoms with Gasteiger partial charge in [-0.05, 0) is 70.1 Å². The van der Waals surface area contributed by atoms with E-state index in [0.29, 0.717) is 13.1 Å². The molecule has 4 aliphatic rings. The van der Waals surface area contributed by atoms with Crippen LogP contribution in [0.5, 0.6) is 0 Å². The Bertz CT molecular complexity index is 362. The Kier molecular flexibility index (Phi) is 3.18. The minimum atomic E-state index is -0.269. The predicted molar refractivity (Wildman–Crippen MR) is 73.5 cm³/mol. The topological polar surface area (TPSA) is 37.4 Å². The average molecular weight is 263 g/mol. The number of hydrogen-bond acceptors (Lipinski definition) is 2. The van der Waals surface area contributed by atoms with Crippen molar-refractivity contribution in [3.8, 4) is 0 Å². The molecule has 4 fully saturated rings. The summed E-state index contributed by atoms with van der Waals surface area (Å²) in [6, 6.07) is 0. The molecule has 3 heteroatoms. The van der Waals surface area contributed by atoms with E-state index in [0.717, 1.165) is 37.0 Å². The van der Waals surface area contributed by atoms with Crippen LogP contribution in [0.2, 0.25) is 0 Å². The van der Waals surface area contributed by atoms with Crippen molar-refractivity contribution in [2.75, 3.05) is 13.1 Å². The van der Waals surface area contributed by atoms with Crippen molar-refractivity contribution in [1.29, 1.82) is 0 Å². The van der Waals surface area contributed by atoms with E-state index in [4.69, 9.17) is 0 Å². The van der Waals surface area contributed by atoms with Crippen LogP contribution in [0.1, 0.15) is 52.4 Å². The third-order valence-electron chi connectivity index (χ3n) is 5.76. The van der Waals surface area contributed by atoms with Gasteiger partial charge < -0.3 is 4.90 Å². The molecule has 0 aliphatic heterocycles. The molecular formula is C16H25NO2. The van der Waals surface area contributed by atoms with Crippen LogP contribution in [-0.4, -0.2) is 29.7 Å². The Morgan fingerprint density at radius 3 is 1.74 bits per heavy atom. The molecule has 0 saturated heterocycles. The molecule has 0 radical (unpaired) electrons. The molecule has 4 aliphatic carbocycles. The summed E-state index contributed by atoms with van der Waals surface area (Å²) in [6.07, 6.45) is 6.91. The molecule has 1 amide bonds. The number of Topliss-reactive ketones (excluding diaryl/α,β-unsaturated/α-hetero) is 1. The van der Waals surface area contributed by atoms with Gasteiger partial charge in [-0.15, -0.1) is 0 Å². The lowest BCUT2D eigenvalue weighted by Crippen LogP contribution is -2.54. The van der Waals surface area contributed by atoms with Crippen LogP contribution < -0.4 is 0 Å². The van der Waals surface area contributed by atoms with Crippen molar-refractivity contribution in [2.45, 2.75) is 52.4 Å². The summed E-state index contributed by atoms with van der Waals surface area (Å²) in [6.45, 7) is 5.20. The molecule has 0 aromatic heterocycles. The Hall–Kier alpha value is -0.860. The molecule has 0 heterocycles. The first kappa shape index (κ1) is 13.1. The molecule has 4 saturated carbocycles. The number of likely N-dealkylation sites (N-methyl/N-ethyl adjacent to an activating group) is 1. The van der Waals surface area contributed by atoms with Crippen molar-refractivity contribution in [3.63, 3.8) is 0 Å². The summed E-state index contributed by atoms with van der Waals surface area (Å²) < 4.78 is 0. The molecule has 3 nitrogen and oxygen atoms in total. The fourth-order valence-corrected chi connectivity index (χ4v) is 5.27. The van der Waals surface area contributed by atoms with Gasteiger partial charge in [-0.25, -0.2) is 0 Å². The van der Waals surface area contributed by atoms with E-state index in [9.17, 15) is 9.59 Å². The molecule has 0 aromatic carbocycles. The van der Waals surface area contributed by atoms with Gasteiger partial charge in [-0.3, -0.25) is 9.59 Å². The minimum Gasteiger partial charge on any atom is -0.337 e. The van der Waals surface area contributed by atoms with Crippen LogP contribution in [0, 0.1) is 23.2 Å². The van der Waals surface area contributed by atoms with E-state index in [1.54, 1.807) is 4.90 Å². The van der Waals surface area contributed by atoms with Gasteiger partial charge in [0.05, 0.1) is 0 Å². The van der Waals surface area contributed by atoms with E-state index >= 15 is 0 Å². The van der Waals surface area contributed by atoms with Gasteiger partial charge >= 0.3 is 0 Å². The largest absolute Gasteiger partial charge is 0.337 e. The monoisotopic (exact) mass is 263 g/mol. The third kappa shape index (κ3) is 2.02. The van der Waals surface area contributed by atoms with E-state index in [2.05, 4.69) is 0 Å². The van der Waals surface area contributed by atoms with Crippen LogP contribution >= 0.6 is 0 Å². The van der Waals surface area contributed by atoms with E-state index < -0.39 is 0 Å². The van der Waals surface area contributed by atoms with E-state index in [1.807, 2.05) is 13.8 Å². The molecule has 4 bridgehead atoms. The average Bonchev–Trinajstić information content (AvgIpc) is 2.37. The maximum absolute atomic E-state index is 12.8. The predicted octanol–water partition coefficient (Wildman–Crippen LogP) is 2.64. The summed E-state index contributed by atoms with van der Waals surface area (Å²) in [4.78, 5) is 26.9. The van der Waals surface area contributed by atoms with Crippen LogP contribution in [-0.2, 0) is 9.59 Å². The number of carbonyl (C=O) groups excluding carboxylic acids is 2. The summed E-state index contributed by atoms with van der Waals surface area (Å²) >= 11 is 0. The Morgan fingerprint density at radius 2 is 1.37 bits per heavy atom. The Balaban J connectivity index is 1.81. The summed E-state index contributed by atoms with van der Waals surface area (Å²) in [7, 11) is 0. The lowest BCUT2D eigenvalue weighted by atomic mass is 9.48. The van der Waals surface area contributed by atoms with Gasteiger partial charge in [-0.2, -0.15) is 0 Å². The molecule has 0 atom stereocenters. The number of hydrogen-bond donors (Lipinski definition) is 0. The van der Waals surface area contributed by atoms with E-state index in [1.165, 1.54) is 19.3 Å². The minimum absolute atomic E-state index is 0.0599. The number of nitrogens with zero attached hydrogens (tertiary/aromatic N) is 1. The van der Waals surface area contributed by atoms with Crippen molar-refractivity contribution < 1.29 is 9.59 Å². The van der Waals surface area contributed by atoms with Gasteiger partial charge in [0.2, 0.25) is 5.78 Å². The second kappa shape index (κ2) is 4.60. The third-order valence-corrected chi connectivity index (χ3v) is 5.76. The normalized spacial score (nSPS) is 39.4. The van der Waals surface area contributed by atoms with Crippen LogP contribution in [0.4, 0.5) is 0 Å². The SMILES string of the molecule is CCN(CC)C(=O)C(=O)C12CC3CC(CC(C3)C1)C2. The summed E-state index contributed by atoms with van der Waals surface area (Å²) in [5.41, 5.74) is -0.269. The molecule has 0 spiro atoms. The standard InChI is InChI=1S/C16H25NO2/c1-3-17(4-2)15(19)14(18)16-8-11-5-12(9-16)7-13(6-11)10-16/h11-13H,3-10H2,1-2H3. The molecular weight excluding hydrogens is 238 g/mol. The second-order valence-electron chi connectivity index (χ2n) is 7.00. The lowest BCUT2D eigenvalue weighted by Gasteiger charge is -2.55. The maximum Gasteiger partial charge on any atom is 0.290 e. The highest BCUT2D eigenvalue weighted by Gasteiger charge is 2.56. The van der Waals surface area contributed by atoms with Gasteiger partial charge in [-0.1, -0.05) is 0 Å². The molecule has 106 valence electrons. The van der Waals surface area contributed by atoms with Gasteiger partial charge in [0.25, 0.3) is 5.91 Å². The highest BCUT2D eigenvalue weighted by Crippen LogP contribution is 2.60. The van der Waals surface area contributed by atoms with Gasteiger partial charge in [0, 0.05) is 18.5 Å². The number of amides is 1. The Labute approximate surface area is 115 Å². The zero-order chi connectivity index (χ0) is 13.6. The molecule has 0 N–H and O–H groups in total. The molecule has 0 unspecified atom stereocenters. The van der Waals surface area contributed by atoms with Crippen LogP contribution in [0.15, 0.2) is 0 Å². The maximum atomic E-state index is 12.8. The van der Waals surface area contributed by atoms with Crippen molar-refractivity contribution in [3.05, 3.63) is 0 Å².